The van der Waals surface area contributed by atoms with Gasteiger partial charge in [-0.3, -0.25) is 4.68 Å². The minimum atomic E-state index is 0.639. The predicted octanol–water partition coefficient (Wildman–Crippen LogP) is 2.71. The fraction of sp³-hybridized carbons (Fsp3) is 0.333. The first-order valence-electron chi connectivity index (χ1n) is 7.73. The van der Waals surface area contributed by atoms with Gasteiger partial charge in [0.15, 0.2) is 5.65 Å². The maximum Gasteiger partial charge on any atom is 0.157 e. The SMILES string of the molecule is COCc1ccccc1CNCc1cnc2c(c1)c(C)nn2C. The van der Waals surface area contributed by atoms with Gasteiger partial charge in [-0.1, -0.05) is 24.3 Å². The average molecular weight is 310 g/mol. The van der Waals surface area contributed by atoms with E-state index in [2.05, 4.69) is 39.7 Å². The van der Waals surface area contributed by atoms with Gasteiger partial charge in [0.1, 0.15) is 0 Å². The van der Waals surface area contributed by atoms with E-state index in [9.17, 15) is 0 Å². The second kappa shape index (κ2) is 6.89. The lowest BCUT2D eigenvalue weighted by Gasteiger charge is -2.10. The molecule has 0 aliphatic heterocycles. The molecule has 0 aliphatic rings. The Hall–Kier alpha value is -2.24. The van der Waals surface area contributed by atoms with Crippen molar-refractivity contribution in [2.45, 2.75) is 26.6 Å². The van der Waals surface area contributed by atoms with Gasteiger partial charge in [0.25, 0.3) is 0 Å². The van der Waals surface area contributed by atoms with Crippen LogP contribution in [0.4, 0.5) is 0 Å². The highest BCUT2D eigenvalue weighted by Crippen LogP contribution is 2.16. The predicted molar refractivity (Wildman–Crippen MR) is 90.9 cm³/mol. The Labute approximate surface area is 136 Å². The Bertz CT molecular complexity index is 810. The number of pyridine rings is 1. The molecule has 1 aromatic carbocycles. The summed E-state index contributed by atoms with van der Waals surface area (Å²) in [4.78, 5) is 4.51. The number of rotatable bonds is 6. The van der Waals surface area contributed by atoms with Gasteiger partial charge in [0, 0.05) is 38.8 Å². The molecule has 3 rings (SSSR count). The summed E-state index contributed by atoms with van der Waals surface area (Å²) >= 11 is 0. The number of hydrogen-bond acceptors (Lipinski definition) is 4. The van der Waals surface area contributed by atoms with Crippen LogP contribution in [0, 0.1) is 6.92 Å². The third kappa shape index (κ3) is 3.41. The van der Waals surface area contributed by atoms with Crippen LogP contribution in [0.5, 0.6) is 0 Å². The molecular weight excluding hydrogens is 288 g/mol. The summed E-state index contributed by atoms with van der Waals surface area (Å²) in [6.45, 7) is 4.24. The first-order valence-corrected chi connectivity index (χ1v) is 7.73. The minimum Gasteiger partial charge on any atom is -0.380 e. The second-order valence-corrected chi connectivity index (χ2v) is 5.73. The zero-order chi connectivity index (χ0) is 16.2. The van der Waals surface area contributed by atoms with Crippen LogP contribution in [-0.2, 0) is 31.5 Å². The zero-order valence-electron chi connectivity index (χ0n) is 13.8. The number of methoxy groups -OCH3 is 1. The van der Waals surface area contributed by atoms with Crippen molar-refractivity contribution in [2.24, 2.45) is 7.05 Å². The normalized spacial score (nSPS) is 11.3. The van der Waals surface area contributed by atoms with Crippen LogP contribution in [0.1, 0.15) is 22.4 Å². The maximum absolute atomic E-state index is 5.25. The van der Waals surface area contributed by atoms with E-state index in [-0.39, 0.29) is 0 Å². The van der Waals surface area contributed by atoms with Gasteiger partial charge in [-0.2, -0.15) is 5.10 Å². The molecule has 0 spiro atoms. The van der Waals surface area contributed by atoms with E-state index in [0.29, 0.717) is 6.61 Å². The van der Waals surface area contributed by atoms with E-state index in [1.807, 2.05) is 30.9 Å². The van der Waals surface area contributed by atoms with E-state index in [0.717, 1.165) is 35.4 Å². The smallest absolute Gasteiger partial charge is 0.157 e. The lowest BCUT2D eigenvalue weighted by molar-refractivity contribution is 0.184. The Balaban J connectivity index is 1.68. The standard InChI is InChI=1S/C18H22N4O/c1-13-17-8-14(10-20-18(17)22(2)21-13)9-19-11-15-6-4-5-7-16(15)12-23-3/h4-8,10,19H,9,11-12H2,1-3H3. The molecule has 0 bridgehead atoms. The van der Waals surface area contributed by atoms with Crippen molar-refractivity contribution in [3.63, 3.8) is 0 Å². The van der Waals surface area contributed by atoms with Gasteiger partial charge in [-0.05, 0) is 29.7 Å². The molecule has 0 amide bonds. The molecular formula is C18H22N4O. The Kier molecular flexibility index (Phi) is 4.69. The molecule has 1 N–H and O–H groups in total. The van der Waals surface area contributed by atoms with Gasteiger partial charge in [-0.15, -0.1) is 0 Å². The van der Waals surface area contributed by atoms with Gasteiger partial charge in [-0.25, -0.2) is 4.98 Å². The Morgan fingerprint density at radius 3 is 2.74 bits per heavy atom. The first-order chi connectivity index (χ1) is 11.2. The quantitative estimate of drug-likeness (QED) is 0.760. The third-order valence-corrected chi connectivity index (χ3v) is 3.98. The molecule has 2 heterocycles. The van der Waals surface area contributed by atoms with Gasteiger partial charge >= 0.3 is 0 Å². The van der Waals surface area contributed by atoms with E-state index >= 15 is 0 Å². The highest BCUT2D eigenvalue weighted by Gasteiger charge is 2.07. The first kappa shape index (κ1) is 15.6. The largest absolute Gasteiger partial charge is 0.380 e. The highest BCUT2D eigenvalue weighted by molar-refractivity contribution is 5.78. The van der Waals surface area contributed by atoms with Crippen LogP contribution in [0.25, 0.3) is 11.0 Å². The maximum atomic E-state index is 5.25. The molecule has 3 aromatic rings. The number of hydrogen-bond donors (Lipinski definition) is 1. The number of ether oxygens (including phenoxy) is 1. The molecule has 0 unspecified atom stereocenters. The number of nitrogens with one attached hydrogen (secondary N) is 1. The Morgan fingerprint density at radius 2 is 1.96 bits per heavy atom. The molecule has 120 valence electrons. The minimum absolute atomic E-state index is 0.639. The van der Waals surface area contributed by atoms with Crippen molar-refractivity contribution in [1.82, 2.24) is 20.1 Å². The fourth-order valence-electron chi connectivity index (χ4n) is 2.82. The van der Waals surface area contributed by atoms with Crippen molar-refractivity contribution < 1.29 is 4.74 Å². The topological polar surface area (TPSA) is 52.0 Å². The number of aromatic nitrogens is 3. The van der Waals surface area contributed by atoms with Crippen molar-refractivity contribution >= 4 is 11.0 Å². The van der Waals surface area contributed by atoms with Crippen LogP contribution in [0.15, 0.2) is 36.5 Å². The number of fused-ring (bicyclic) bond motifs is 1. The summed E-state index contributed by atoms with van der Waals surface area (Å²) in [5, 5.41) is 9.01. The van der Waals surface area contributed by atoms with Crippen molar-refractivity contribution in [3.8, 4) is 0 Å². The van der Waals surface area contributed by atoms with Crippen LogP contribution in [0.2, 0.25) is 0 Å². The van der Waals surface area contributed by atoms with Gasteiger partial charge in [0.05, 0.1) is 12.3 Å². The molecule has 5 heteroatoms. The van der Waals surface area contributed by atoms with Crippen LogP contribution < -0.4 is 5.32 Å². The lowest BCUT2D eigenvalue weighted by Crippen LogP contribution is -2.14. The fourth-order valence-corrected chi connectivity index (χ4v) is 2.82. The summed E-state index contributed by atoms with van der Waals surface area (Å²) in [5.74, 6) is 0. The summed E-state index contributed by atoms with van der Waals surface area (Å²) in [6, 6.07) is 10.5. The highest BCUT2D eigenvalue weighted by atomic mass is 16.5. The zero-order valence-corrected chi connectivity index (χ0v) is 13.8. The third-order valence-electron chi connectivity index (χ3n) is 3.98. The molecule has 5 nitrogen and oxygen atoms in total. The molecule has 23 heavy (non-hydrogen) atoms. The van der Waals surface area contributed by atoms with Crippen LogP contribution in [0.3, 0.4) is 0 Å². The van der Waals surface area contributed by atoms with Crippen molar-refractivity contribution in [3.05, 3.63) is 58.9 Å². The summed E-state index contributed by atoms with van der Waals surface area (Å²) in [5.41, 5.74) is 5.59. The molecule has 0 aliphatic carbocycles. The number of benzene rings is 1. The summed E-state index contributed by atoms with van der Waals surface area (Å²) < 4.78 is 7.07. The number of aryl methyl sites for hydroxylation is 2. The van der Waals surface area contributed by atoms with Gasteiger partial charge in [0.2, 0.25) is 0 Å². The summed E-state index contributed by atoms with van der Waals surface area (Å²) in [7, 11) is 3.65. The second-order valence-electron chi connectivity index (χ2n) is 5.73. The molecule has 0 fully saturated rings. The van der Waals surface area contributed by atoms with E-state index in [1.165, 1.54) is 11.1 Å². The molecule has 0 saturated heterocycles. The molecule has 0 radical (unpaired) electrons. The molecule has 2 aromatic heterocycles. The number of nitrogens with zero attached hydrogens (tertiary/aromatic N) is 3. The van der Waals surface area contributed by atoms with Gasteiger partial charge < -0.3 is 10.1 Å². The summed E-state index contributed by atoms with van der Waals surface area (Å²) in [6.07, 6.45) is 1.91. The average Bonchev–Trinajstić information content (AvgIpc) is 2.84. The van der Waals surface area contributed by atoms with Crippen LogP contribution >= 0.6 is 0 Å². The van der Waals surface area contributed by atoms with E-state index in [1.54, 1.807) is 7.11 Å². The van der Waals surface area contributed by atoms with Crippen molar-refractivity contribution in [1.29, 1.82) is 0 Å². The van der Waals surface area contributed by atoms with Crippen molar-refractivity contribution in [2.75, 3.05) is 7.11 Å². The van der Waals surface area contributed by atoms with Crippen LogP contribution in [-0.4, -0.2) is 21.9 Å². The molecule has 0 saturated carbocycles. The molecule has 0 atom stereocenters. The van der Waals surface area contributed by atoms with E-state index in [4.69, 9.17) is 4.74 Å². The monoisotopic (exact) mass is 310 g/mol. The van der Waals surface area contributed by atoms with E-state index < -0.39 is 0 Å². The Morgan fingerprint density at radius 1 is 1.17 bits per heavy atom. The lowest BCUT2D eigenvalue weighted by atomic mass is 10.1.